The molecule has 0 unspecified atom stereocenters. The van der Waals surface area contributed by atoms with Gasteiger partial charge in [-0.2, -0.15) is 0 Å². The molecule has 0 bridgehead atoms. The number of hydrogen-bond acceptors (Lipinski definition) is 5. The molecular weight excluding hydrogens is 380 g/mol. The summed E-state index contributed by atoms with van der Waals surface area (Å²) in [7, 11) is 0. The van der Waals surface area contributed by atoms with Gasteiger partial charge in [0.1, 0.15) is 12.1 Å². The van der Waals surface area contributed by atoms with Gasteiger partial charge in [-0.1, -0.05) is 66.7 Å². The summed E-state index contributed by atoms with van der Waals surface area (Å²) in [6, 6.07) is 24.3. The summed E-state index contributed by atoms with van der Waals surface area (Å²) in [5, 5.41) is 7.53. The molecule has 6 rings (SSSR count). The van der Waals surface area contributed by atoms with Gasteiger partial charge >= 0.3 is 0 Å². The second-order valence-corrected chi connectivity index (χ2v) is 7.59. The number of nitrogens with zero attached hydrogens (tertiary/aromatic N) is 4. The van der Waals surface area contributed by atoms with E-state index in [1.165, 1.54) is 0 Å². The lowest BCUT2D eigenvalue weighted by molar-refractivity contribution is 0.617. The molecule has 0 amide bonds. The fraction of sp³-hybridized carbons (Fsp3) is 0. The van der Waals surface area contributed by atoms with E-state index in [1.54, 1.807) is 22.2 Å². The van der Waals surface area contributed by atoms with Crippen LogP contribution in [0.25, 0.3) is 49.9 Å². The molecule has 29 heavy (non-hydrogen) atoms. The fourth-order valence-corrected chi connectivity index (χ4v) is 4.23. The Hall–Kier alpha value is -3.77. The number of thiophene rings is 1. The van der Waals surface area contributed by atoms with Crippen LogP contribution < -0.4 is 0 Å². The van der Waals surface area contributed by atoms with Crippen LogP contribution in [-0.4, -0.2) is 19.6 Å². The van der Waals surface area contributed by atoms with Crippen molar-refractivity contribution in [3.8, 4) is 33.2 Å². The minimum atomic E-state index is 0.556. The van der Waals surface area contributed by atoms with Gasteiger partial charge in [-0.25, -0.2) is 14.5 Å². The van der Waals surface area contributed by atoms with Gasteiger partial charge in [-0.15, -0.1) is 16.4 Å². The van der Waals surface area contributed by atoms with E-state index in [9.17, 15) is 0 Å². The highest BCUT2D eigenvalue weighted by atomic mass is 32.1. The molecule has 138 valence electrons. The predicted octanol–water partition coefficient (Wildman–Crippen LogP) is 5.93. The Labute approximate surface area is 169 Å². The Morgan fingerprint density at radius 1 is 0.828 bits per heavy atom. The highest BCUT2D eigenvalue weighted by Gasteiger charge is 2.23. The molecule has 0 aliphatic heterocycles. The first-order chi connectivity index (χ1) is 14.4. The van der Waals surface area contributed by atoms with Gasteiger partial charge in [0.25, 0.3) is 0 Å². The van der Waals surface area contributed by atoms with Crippen LogP contribution in [0, 0.1) is 0 Å². The molecule has 6 heteroatoms. The Balaban J connectivity index is 1.72. The molecule has 5 nitrogen and oxygen atoms in total. The molecule has 4 heterocycles. The summed E-state index contributed by atoms with van der Waals surface area (Å²) in [5.74, 6) is 1.48. The summed E-state index contributed by atoms with van der Waals surface area (Å²) in [4.78, 5) is 10.4. The smallest absolute Gasteiger partial charge is 0.232 e. The van der Waals surface area contributed by atoms with E-state index in [0.29, 0.717) is 11.5 Å². The zero-order valence-electron chi connectivity index (χ0n) is 15.2. The van der Waals surface area contributed by atoms with Crippen molar-refractivity contribution in [3.05, 3.63) is 84.5 Å². The summed E-state index contributed by atoms with van der Waals surface area (Å²) in [6.45, 7) is 0. The lowest BCUT2D eigenvalue weighted by Crippen LogP contribution is -1.90. The molecule has 0 aliphatic carbocycles. The van der Waals surface area contributed by atoms with Gasteiger partial charge in [0.2, 0.25) is 5.71 Å². The Kier molecular flexibility index (Phi) is 3.57. The van der Waals surface area contributed by atoms with Gasteiger partial charge in [0.15, 0.2) is 11.5 Å². The number of furan rings is 1. The maximum atomic E-state index is 6.26. The minimum absolute atomic E-state index is 0.556. The molecule has 0 radical (unpaired) electrons. The van der Waals surface area contributed by atoms with Crippen LogP contribution in [0.15, 0.2) is 88.9 Å². The first-order valence-electron chi connectivity index (χ1n) is 9.21. The van der Waals surface area contributed by atoms with Crippen molar-refractivity contribution in [1.82, 2.24) is 19.6 Å². The molecule has 2 aromatic carbocycles. The Morgan fingerprint density at radius 2 is 1.59 bits per heavy atom. The zero-order valence-corrected chi connectivity index (χ0v) is 16.0. The summed E-state index contributed by atoms with van der Waals surface area (Å²) in [5.41, 5.74) is 4.33. The monoisotopic (exact) mass is 394 g/mol. The van der Waals surface area contributed by atoms with Crippen LogP contribution >= 0.6 is 11.3 Å². The van der Waals surface area contributed by atoms with E-state index < -0.39 is 0 Å². The predicted molar refractivity (Wildman–Crippen MR) is 115 cm³/mol. The second kappa shape index (κ2) is 6.39. The maximum Gasteiger partial charge on any atom is 0.232 e. The molecule has 6 aromatic rings. The van der Waals surface area contributed by atoms with Crippen molar-refractivity contribution in [2.24, 2.45) is 0 Å². The fourth-order valence-electron chi connectivity index (χ4n) is 3.58. The number of aromatic nitrogens is 4. The first kappa shape index (κ1) is 16.2. The Morgan fingerprint density at radius 3 is 2.31 bits per heavy atom. The molecule has 0 spiro atoms. The maximum absolute atomic E-state index is 6.26. The van der Waals surface area contributed by atoms with Gasteiger partial charge in [-0.3, -0.25) is 0 Å². The lowest BCUT2D eigenvalue weighted by atomic mass is 9.99. The van der Waals surface area contributed by atoms with Crippen molar-refractivity contribution in [2.75, 3.05) is 0 Å². The number of rotatable bonds is 3. The molecule has 0 fully saturated rings. The molecule has 0 atom stereocenters. The number of fused-ring (bicyclic) bond motifs is 3. The van der Waals surface area contributed by atoms with E-state index in [4.69, 9.17) is 9.40 Å². The van der Waals surface area contributed by atoms with E-state index in [-0.39, 0.29) is 0 Å². The summed E-state index contributed by atoms with van der Waals surface area (Å²) in [6.07, 6.45) is 1.66. The average molecular weight is 394 g/mol. The molecule has 0 saturated carbocycles. The van der Waals surface area contributed by atoms with Crippen LogP contribution in [0.1, 0.15) is 0 Å². The third-order valence-electron chi connectivity index (χ3n) is 4.87. The lowest BCUT2D eigenvalue weighted by Gasteiger charge is -2.03. The highest BCUT2D eigenvalue weighted by molar-refractivity contribution is 7.13. The number of hydrogen-bond donors (Lipinski definition) is 0. The van der Waals surface area contributed by atoms with Crippen molar-refractivity contribution in [2.45, 2.75) is 0 Å². The van der Waals surface area contributed by atoms with Gasteiger partial charge in [0.05, 0.1) is 10.3 Å². The van der Waals surface area contributed by atoms with E-state index in [2.05, 4.69) is 22.2 Å². The first-order valence-corrected chi connectivity index (χ1v) is 10.1. The van der Waals surface area contributed by atoms with Crippen LogP contribution in [0.4, 0.5) is 0 Å². The Bertz CT molecular complexity index is 1430. The highest BCUT2D eigenvalue weighted by Crippen LogP contribution is 2.41. The molecule has 0 aliphatic rings. The van der Waals surface area contributed by atoms with Gasteiger partial charge in [-0.05, 0) is 17.0 Å². The average Bonchev–Trinajstić information content (AvgIpc) is 3.51. The topological polar surface area (TPSA) is 56.2 Å². The normalized spacial score (nSPS) is 11.4. The van der Waals surface area contributed by atoms with Crippen LogP contribution in [0.3, 0.4) is 0 Å². The largest absolute Gasteiger partial charge is 0.437 e. The van der Waals surface area contributed by atoms with Gasteiger partial charge < -0.3 is 4.42 Å². The SMILES string of the molecule is c1ccc(-c2oc3ncn4nc(-c5cccs5)nc4c3c2-c2ccccc2)cc1. The number of benzene rings is 2. The van der Waals surface area contributed by atoms with Crippen LogP contribution in [0.2, 0.25) is 0 Å². The zero-order chi connectivity index (χ0) is 19.2. The summed E-state index contributed by atoms with van der Waals surface area (Å²) < 4.78 is 7.99. The molecule has 0 saturated heterocycles. The summed E-state index contributed by atoms with van der Waals surface area (Å²) >= 11 is 1.62. The van der Waals surface area contributed by atoms with Crippen molar-refractivity contribution in [1.29, 1.82) is 0 Å². The third-order valence-corrected chi connectivity index (χ3v) is 5.73. The van der Waals surface area contributed by atoms with Crippen LogP contribution in [-0.2, 0) is 0 Å². The van der Waals surface area contributed by atoms with E-state index in [1.807, 2.05) is 66.0 Å². The molecule has 4 aromatic heterocycles. The second-order valence-electron chi connectivity index (χ2n) is 6.64. The quantitative estimate of drug-likeness (QED) is 0.373. The third kappa shape index (κ3) is 2.57. The minimum Gasteiger partial charge on any atom is -0.437 e. The van der Waals surface area contributed by atoms with Crippen molar-refractivity contribution in [3.63, 3.8) is 0 Å². The molecular formula is C23H14N4OS. The standard InChI is InChI=1S/C23H14N4OS/c1-3-8-15(9-4-1)18-19-22-25-21(17-12-7-13-29-17)26-27(22)14-24-23(19)28-20(18)16-10-5-2-6-11-16/h1-14H. The van der Waals surface area contributed by atoms with Crippen molar-refractivity contribution < 1.29 is 4.42 Å². The molecule has 0 N–H and O–H groups in total. The van der Waals surface area contributed by atoms with Crippen molar-refractivity contribution >= 4 is 28.1 Å². The van der Waals surface area contributed by atoms with Gasteiger partial charge in [0, 0.05) is 11.1 Å². The van der Waals surface area contributed by atoms with Crippen LogP contribution in [0.5, 0.6) is 0 Å². The van der Waals surface area contributed by atoms with E-state index in [0.717, 1.165) is 38.4 Å². The van der Waals surface area contributed by atoms with E-state index >= 15 is 0 Å².